The molecule has 2 unspecified atom stereocenters. The van der Waals surface area contributed by atoms with Crippen molar-refractivity contribution >= 4 is 11.6 Å². The van der Waals surface area contributed by atoms with Crippen molar-refractivity contribution in [2.75, 3.05) is 11.4 Å². The Hall–Kier alpha value is -3.07. The number of carbonyl (C=O) groups excluding carboxylic acids is 1. The third-order valence-corrected chi connectivity index (χ3v) is 7.08. The summed E-state index contributed by atoms with van der Waals surface area (Å²) in [6.45, 7) is 7.63. The maximum Gasteiger partial charge on any atom is 0.221 e. The molecule has 158 valence electrons. The van der Waals surface area contributed by atoms with Gasteiger partial charge in [-0.2, -0.15) is 0 Å². The van der Waals surface area contributed by atoms with Crippen molar-refractivity contribution in [2.45, 2.75) is 51.7 Å². The van der Waals surface area contributed by atoms with E-state index in [-0.39, 0.29) is 17.5 Å². The molecule has 0 spiro atoms. The topological polar surface area (TPSA) is 23.6 Å². The van der Waals surface area contributed by atoms with Gasteiger partial charge in [-0.3, -0.25) is 4.79 Å². The number of aryl methyl sites for hydroxylation is 2. The number of hydrogen-bond donors (Lipinski definition) is 0. The Morgan fingerprint density at radius 3 is 2.32 bits per heavy atom. The van der Waals surface area contributed by atoms with Gasteiger partial charge in [0.1, 0.15) is 6.17 Å². The highest BCUT2D eigenvalue weighted by atomic mass is 16.2. The van der Waals surface area contributed by atoms with Crippen LogP contribution in [0.4, 0.5) is 5.69 Å². The number of amides is 1. The number of rotatable bonds is 4. The smallest absolute Gasteiger partial charge is 0.221 e. The Morgan fingerprint density at radius 1 is 0.935 bits per heavy atom. The SMILES string of the molecule is CC(=O)N1CCC2(Cc3cccc(C)c3)c3ccccc3N(Cc3cccc(C)c3)C12. The zero-order valence-electron chi connectivity index (χ0n) is 18.6. The second-order valence-electron chi connectivity index (χ2n) is 9.29. The molecular formula is C28H30N2O. The lowest BCUT2D eigenvalue weighted by Crippen LogP contribution is -2.51. The van der Waals surface area contributed by atoms with E-state index < -0.39 is 0 Å². The van der Waals surface area contributed by atoms with Crippen molar-refractivity contribution in [2.24, 2.45) is 0 Å². The fourth-order valence-electron chi connectivity index (χ4n) is 5.86. The van der Waals surface area contributed by atoms with E-state index in [1.54, 1.807) is 6.92 Å². The van der Waals surface area contributed by atoms with Crippen LogP contribution in [-0.2, 0) is 23.2 Å². The third-order valence-electron chi connectivity index (χ3n) is 7.08. The summed E-state index contributed by atoms with van der Waals surface area (Å²) in [5.41, 5.74) is 7.77. The molecule has 3 aromatic rings. The van der Waals surface area contributed by atoms with Crippen LogP contribution in [0.5, 0.6) is 0 Å². The van der Waals surface area contributed by atoms with Gasteiger partial charge in [0, 0.05) is 31.1 Å². The number of likely N-dealkylation sites (tertiary alicyclic amines) is 1. The molecule has 0 bridgehead atoms. The molecule has 1 amide bonds. The van der Waals surface area contributed by atoms with Gasteiger partial charge in [-0.15, -0.1) is 0 Å². The van der Waals surface area contributed by atoms with E-state index in [0.29, 0.717) is 0 Å². The summed E-state index contributed by atoms with van der Waals surface area (Å²) in [5.74, 6) is 0.165. The Kier molecular flexibility index (Phi) is 4.85. The summed E-state index contributed by atoms with van der Waals surface area (Å²) in [4.78, 5) is 17.3. The first-order valence-corrected chi connectivity index (χ1v) is 11.2. The molecule has 0 aromatic heterocycles. The number of benzene rings is 3. The van der Waals surface area contributed by atoms with Crippen molar-refractivity contribution < 1.29 is 4.79 Å². The van der Waals surface area contributed by atoms with Crippen molar-refractivity contribution in [1.82, 2.24) is 4.90 Å². The Labute approximate surface area is 185 Å². The van der Waals surface area contributed by atoms with Crippen molar-refractivity contribution in [3.8, 4) is 0 Å². The molecule has 1 saturated heterocycles. The summed E-state index contributed by atoms with van der Waals surface area (Å²) in [6.07, 6.45) is 1.99. The minimum atomic E-state index is -0.0835. The van der Waals surface area contributed by atoms with E-state index in [2.05, 4.69) is 96.4 Å². The Balaban J connectivity index is 1.63. The Morgan fingerprint density at radius 2 is 1.61 bits per heavy atom. The van der Waals surface area contributed by atoms with Gasteiger partial charge in [0.05, 0.1) is 0 Å². The zero-order valence-corrected chi connectivity index (χ0v) is 18.6. The summed E-state index contributed by atoms with van der Waals surface area (Å²) in [6, 6.07) is 26.4. The van der Waals surface area contributed by atoms with Crippen LogP contribution in [-0.4, -0.2) is 23.5 Å². The van der Waals surface area contributed by atoms with Crippen LogP contribution in [0.3, 0.4) is 0 Å². The maximum absolute atomic E-state index is 12.7. The maximum atomic E-state index is 12.7. The van der Waals surface area contributed by atoms with Crippen LogP contribution < -0.4 is 4.90 Å². The van der Waals surface area contributed by atoms with Crippen LogP contribution in [0.2, 0.25) is 0 Å². The number of para-hydroxylation sites is 1. The van der Waals surface area contributed by atoms with Gasteiger partial charge < -0.3 is 9.80 Å². The monoisotopic (exact) mass is 410 g/mol. The average Bonchev–Trinajstić information content (AvgIpc) is 3.23. The quantitative estimate of drug-likeness (QED) is 0.576. The molecule has 1 fully saturated rings. The third kappa shape index (κ3) is 3.33. The molecule has 31 heavy (non-hydrogen) atoms. The minimum Gasteiger partial charge on any atom is -0.346 e. The molecule has 2 aliphatic rings. The summed E-state index contributed by atoms with van der Waals surface area (Å²) >= 11 is 0. The lowest BCUT2D eigenvalue weighted by molar-refractivity contribution is -0.130. The normalized spacial score (nSPS) is 21.8. The molecule has 2 aliphatic heterocycles. The van der Waals surface area contributed by atoms with Crippen LogP contribution in [0.25, 0.3) is 0 Å². The molecule has 0 aliphatic carbocycles. The summed E-state index contributed by atoms with van der Waals surface area (Å²) in [5, 5.41) is 0. The predicted molar refractivity (Wildman–Crippen MR) is 126 cm³/mol. The van der Waals surface area contributed by atoms with Gasteiger partial charge in [0.2, 0.25) is 5.91 Å². The van der Waals surface area contributed by atoms with E-state index in [1.807, 2.05) is 0 Å². The van der Waals surface area contributed by atoms with Gasteiger partial charge >= 0.3 is 0 Å². The van der Waals surface area contributed by atoms with Gasteiger partial charge in [-0.25, -0.2) is 0 Å². The van der Waals surface area contributed by atoms with Crippen LogP contribution >= 0.6 is 0 Å². The highest BCUT2D eigenvalue weighted by Gasteiger charge is 2.57. The molecule has 0 radical (unpaired) electrons. The number of carbonyl (C=O) groups is 1. The van der Waals surface area contributed by atoms with Crippen molar-refractivity contribution in [3.63, 3.8) is 0 Å². The van der Waals surface area contributed by atoms with E-state index in [4.69, 9.17) is 0 Å². The predicted octanol–water partition coefficient (Wildman–Crippen LogP) is 5.38. The van der Waals surface area contributed by atoms with Crippen LogP contribution in [0, 0.1) is 13.8 Å². The van der Waals surface area contributed by atoms with Crippen LogP contribution in [0.1, 0.15) is 41.2 Å². The minimum absolute atomic E-state index is 0.0448. The lowest BCUT2D eigenvalue weighted by Gasteiger charge is -2.38. The Bertz CT molecular complexity index is 1140. The average molecular weight is 411 g/mol. The summed E-state index contributed by atoms with van der Waals surface area (Å²) < 4.78 is 0. The second kappa shape index (κ2) is 7.56. The van der Waals surface area contributed by atoms with Gasteiger partial charge in [-0.05, 0) is 49.4 Å². The highest BCUT2D eigenvalue weighted by Crippen LogP contribution is 2.54. The molecule has 3 nitrogen and oxygen atoms in total. The van der Waals surface area contributed by atoms with E-state index in [9.17, 15) is 4.79 Å². The lowest BCUT2D eigenvalue weighted by atomic mass is 9.74. The van der Waals surface area contributed by atoms with Gasteiger partial charge in [-0.1, -0.05) is 77.9 Å². The molecule has 2 atom stereocenters. The number of anilines is 1. The van der Waals surface area contributed by atoms with Crippen molar-refractivity contribution in [3.05, 3.63) is 101 Å². The highest BCUT2D eigenvalue weighted by molar-refractivity contribution is 5.77. The molecule has 3 aromatic carbocycles. The second-order valence-corrected chi connectivity index (χ2v) is 9.29. The first-order chi connectivity index (χ1) is 15.0. The molecule has 2 heterocycles. The molecular weight excluding hydrogens is 380 g/mol. The number of fused-ring (bicyclic) bond motifs is 3. The molecule has 5 rings (SSSR count). The number of hydrogen-bond acceptors (Lipinski definition) is 2. The fourth-order valence-corrected chi connectivity index (χ4v) is 5.86. The molecule has 0 saturated carbocycles. The van der Waals surface area contributed by atoms with Gasteiger partial charge in [0.25, 0.3) is 0 Å². The van der Waals surface area contributed by atoms with E-state index >= 15 is 0 Å². The standard InChI is InChI=1S/C28H30N2O/c1-20-8-6-10-23(16-20)18-28-14-15-29(22(3)31)27(28)30(26-13-5-4-12-25(26)28)19-24-11-7-9-21(2)17-24/h4-13,16-17,27H,14-15,18-19H2,1-3H3. The first kappa shape index (κ1) is 19.9. The van der Waals surface area contributed by atoms with Crippen molar-refractivity contribution in [1.29, 1.82) is 0 Å². The number of nitrogens with zero attached hydrogens (tertiary/aromatic N) is 2. The fraction of sp³-hybridized carbons (Fsp3) is 0.321. The molecule has 3 heteroatoms. The van der Waals surface area contributed by atoms with E-state index in [0.717, 1.165) is 25.9 Å². The zero-order chi connectivity index (χ0) is 21.6. The molecule has 0 N–H and O–H groups in total. The van der Waals surface area contributed by atoms with Gasteiger partial charge in [0.15, 0.2) is 0 Å². The summed E-state index contributed by atoms with van der Waals surface area (Å²) in [7, 11) is 0. The van der Waals surface area contributed by atoms with E-state index in [1.165, 1.54) is 33.5 Å². The van der Waals surface area contributed by atoms with Crippen LogP contribution in [0.15, 0.2) is 72.8 Å². The first-order valence-electron chi connectivity index (χ1n) is 11.2. The largest absolute Gasteiger partial charge is 0.346 e.